The van der Waals surface area contributed by atoms with Crippen molar-refractivity contribution in [2.45, 2.75) is 24.4 Å². The van der Waals surface area contributed by atoms with E-state index in [0.717, 1.165) is 29.6 Å². The number of aromatic nitrogens is 3. The molecule has 27 heavy (non-hydrogen) atoms. The summed E-state index contributed by atoms with van der Waals surface area (Å²) in [5, 5.41) is 11.9. The number of benzene rings is 3. The van der Waals surface area contributed by atoms with E-state index < -0.39 is 0 Å². The number of hydrogen-bond donors (Lipinski definition) is 1. The Bertz CT molecular complexity index is 1020. The Kier molecular flexibility index (Phi) is 5.39. The van der Waals surface area contributed by atoms with Crippen molar-refractivity contribution in [2.24, 2.45) is 0 Å². The molecular formula is C22H22N4S. The fourth-order valence-corrected chi connectivity index (χ4v) is 4.04. The highest BCUT2D eigenvalue weighted by Gasteiger charge is 2.12. The van der Waals surface area contributed by atoms with Crippen LogP contribution in [0, 0.1) is 0 Å². The van der Waals surface area contributed by atoms with E-state index in [0.29, 0.717) is 6.42 Å². The molecule has 0 aliphatic rings. The van der Waals surface area contributed by atoms with Gasteiger partial charge in [0.1, 0.15) is 0 Å². The molecule has 0 fully saturated rings. The molecule has 0 spiro atoms. The second-order valence-corrected chi connectivity index (χ2v) is 7.58. The van der Waals surface area contributed by atoms with Gasteiger partial charge in [0.2, 0.25) is 5.16 Å². The molecule has 2 N–H and O–H groups in total. The van der Waals surface area contributed by atoms with Crippen LogP contribution in [0.25, 0.3) is 10.8 Å². The summed E-state index contributed by atoms with van der Waals surface area (Å²) in [5.41, 5.74) is 2.58. The summed E-state index contributed by atoms with van der Waals surface area (Å²) >= 11 is 1.67. The zero-order chi connectivity index (χ0) is 18.5. The van der Waals surface area contributed by atoms with E-state index in [4.69, 9.17) is 5.84 Å². The Morgan fingerprint density at radius 3 is 2.52 bits per heavy atom. The van der Waals surface area contributed by atoms with Crippen molar-refractivity contribution in [2.75, 3.05) is 11.6 Å². The maximum Gasteiger partial charge on any atom is 0.209 e. The zero-order valence-corrected chi connectivity index (χ0v) is 15.9. The van der Waals surface area contributed by atoms with Crippen LogP contribution in [0.3, 0.4) is 0 Å². The van der Waals surface area contributed by atoms with Crippen LogP contribution < -0.4 is 5.84 Å². The number of hydrogen-bond acceptors (Lipinski definition) is 4. The van der Waals surface area contributed by atoms with Gasteiger partial charge in [-0.1, -0.05) is 84.6 Å². The van der Waals surface area contributed by atoms with Crippen LogP contribution in [0.4, 0.5) is 0 Å². The normalized spacial score (nSPS) is 11.1. The molecule has 4 rings (SSSR count). The third-order valence-electron chi connectivity index (χ3n) is 4.65. The summed E-state index contributed by atoms with van der Waals surface area (Å²) < 4.78 is 1.63. The molecule has 0 saturated carbocycles. The molecule has 0 saturated heterocycles. The van der Waals surface area contributed by atoms with Crippen molar-refractivity contribution >= 4 is 22.5 Å². The lowest BCUT2D eigenvalue weighted by Gasteiger charge is -2.07. The molecule has 5 heteroatoms. The van der Waals surface area contributed by atoms with E-state index in [2.05, 4.69) is 76.9 Å². The Morgan fingerprint density at radius 2 is 1.63 bits per heavy atom. The summed E-state index contributed by atoms with van der Waals surface area (Å²) in [4.78, 5) is 0. The first kappa shape index (κ1) is 17.6. The second kappa shape index (κ2) is 8.27. The van der Waals surface area contributed by atoms with Gasteiger partial charge in [-0.25, -0.2) is 4.68 Å². The molecule has 0 unspecified atom stereocenters. The van der Waals surface area contributed by atoms with Crippen LogP contribution in [-0.4, -0.2) is 20.6 Å². The number of thioether (sulfide) groups is 1. The van der Waals surface area contributed by atoms with Crippen LogP contribution in [0.2, 0.25) is 0 Å². The minimum absolute atomic E-state index is 0.676. The SMILES string of the molecule is Nn1c(Cc2cccc3ccccc23)nnc1SCCCc1ccccc1. The van der Waals surface area contributed by atoms with E-state index in [1.54, 1.807) is 16.4 Å². The van der Waals surface area contributed by atoms with Gasteiger partial charge in [-0.3, -0.25) is 0 Å². The van der Waals surface area contributed by atoms with E-state index in [1.807, 2.05) is 6.07 Å². The summed E-state index contributed by atoms with van der Waals surface area (Å²) in [7, 11) is 0. The van der Waals surface area contributed by atoms with Gasteiger partial charge in [0.25, 0.3) is 0 Å². The first-order valence-corrected chi connectivity index (χ1v) is 10.1. The predicted octanol–water partition coefficient (Wildman–Crippen LogP) is 4.46. The smallest absolute Gasteiger partial charge is 0.209 e. The van der Waals surface area contributed by atoms with Crippen molar-refractivity contribution in [3.05, 3.63) is 89.7 Å². The highest BCUT2D eigenvalue weighted by atomic mass is 32.2. The Labute approximate surface area is 163 Å². The largest absolute Gasteiger partial charge is 0.336 e. The van der Waals surface area contributed by atoms with Crippen molar-refractivity contribution in [3.8, 4) is 0 Å². The van der Waals surface area contributed by atoms with Gasteiger partial charge in [-0.2, -0.15) is 0 Å². The maximum atomic E-state index is 6.26. The molecule has 4 aromatic rings. The van der Waals surface area contributed by atoms with Crippen LogP contribution in [0.5, 0.6) is 0 Å². The molecule has 0 aliphatic heterocycles. The Balaban J connectivity index is 1.40. The van der Waals surface area contributed by atoms with Gasteiger partial charge in [0, 0.05) is 12.2 Å². The molecule has 0 radical (unpaired) electrons. The number of fused-ring (bicyclic) bond motifs is 1. The maximum absolute atomic E-state index is 6.26. The number of aryl methyl sites for hydroxylation is 1. The number of nitrogens with two attached hydrogens (primary N) is 1. The molecule has 0 amide bonds. The van der Waals surface area contributed by atoms with Gasteiger partial charge in [-0.05, 0) is 34.7 Å². The number of rotatable bonds is 7. The minimum atomic E-state index is 0.676. The first-order chi connectivity index (χ1) is 13.3. The van der Waals surface area contributed by atoms with Gasteiger partial charge >= 0.3 is 0 Å². The fraction of sp³-hybridized carbons (Fsp3) is 0.182. The Morgan fingerprint density at radius 1 is 0.852 bits per heavy atom. The molecule has 3 aromatic carbocycles. The van der Waals surface area contributed by atoms with Crippen LogP contribution in [0.1, 0.15) is 23.4 Å². The summed E-state index contributed by atoms with van der Waals surface area (Å²) in [5.74, 6) is 8.02. The monoisotopic (exact) mass is 374 g/mol. The second-order valence-electron chi connectivity index (χ2n) is 6.52. The van der Waals surface area contributed by atoms with Crippen LogP contribution in [0.15, 0.2) is 78.0 Å². The average molecular weight is 375 g/mol. The van der Waals surface area contributed by atoms with Crippen LogP contribution in [-0.2, 0) is 12.8 Å². The summed E-state index contributed by atoms with van der Waals surface area (Å²) in [6.45, 7) is 0. The molecule has 136 valence electrons. The highest BCUT2D eigenvalue weighted by Crippen LogP contribution is 2.22. The van der Waals surface area contributed by atoms with Gasteiger partial charge < -0.3 is 5.84 Å². The molecule has 1 heterocycles. The highest BCUT2D eigenvalue weighted by molar-refractivity contribution is 7.99. The van der Waals surface area contributed by atoms with Crippen molar-refractivity contribution < 1.29 is 0 Å². The lowest BCUT2D eigenvalue weighted by molar-refractivity contribution is 0.804. The third kappa shape index (κ3) is 4.14. The van der Waals surface area contributed by atoms with E-state index >= 15 is 0 Å². The van der Waals surface area contributed by atoms with Gasteiger partial charge in [0.15, 0.2) is 5.82 Å². The van der Waals surface area contributed by atoms with E-state index in [9.17, 15) is 0 Å². The van der Waals surface area contributed by atoms with E-state index in [-0.39, 0.29) is 0 Å². The number of nitrogen functional groups attached to an aromatic ring is 1. The third-order valence-corrected chi connectivity index (χ3v) is 5.68. The lowest BCUT2D eigenvalue weighted by Crippen LogP contribution is -2.14. The van der Waals surface area contributed by atoms with E-state index in [1.165, 1.54) is 21.9 Å². The molecular weight excluding hydrogens is 352 g/mol. The first-order valence-electron chi connectivity index (χ1n) is 9.14. The molecule has 4 nitrogen and oxygen atoms in total. The zero-order valence-electron chi connectivity index (χ0n) is 15.1. The average Bonchev–Trinajstić information content (AvgIpc) is 3.06. The van der Waals surface area contributed by atoms with Crippen molar-refractivity contribution in [1.29, 1.82) is 0 Å². The fourth-order valence-electron chi connectivity index (χ4n) is 3.23. The van der Waals surface area contributed by atoms with Crippen molar-refractivity contribution in [1.82, 2.24) is 14.9 Å². The van der Waals surface area contributed by atoms with Crippen molar-refractivity contribution in [3.63, 3.8) is 0 Å². The van der Waals surface area contributed by atoms with Gasteiger partial charge in [0.05, 0.1) is 0 Å². The predicted molar refractivity (Wildman–Crippen MR) is 112 cm³/mol. The topological polar surface area (TPSA) is 56.7 Å². The number of nitrogens with zero attached hydrogens (tertiary/aromatic N) is 3. The van der Waals surface area contributed by atoms with Crippen LogP contribution >= 0.6 is 11.8 Å². The molecule has 1 aromatic heterocycles. The van der Waals surface area contributed by atoms with Gasteiger partial charge in [-0.15, -0.1) is 10.2 Å². The summed E-state index contributed by atoms with van der Waals surface area (Å²) in [6, 6.07) is 25.3. The minimum Gasteiger partial charge on any atom is -0.336 e. The summed E-state index contributed by atoms with van der Waals surface area (Å²) in [6.07, 6.45) is 2.82. The molecule has 0 atom stereocenters. The lowest BCUT2D eigenvalue weighted by atomic mass is 10.0. The molecule has 0 bridgehead atoms. The molecule has 0 aliphatic carbocycles. The standard InChI is InChI=1S/C22H22N4S/c23-26-21(16-19-13-6-12-18-11-4-5-14-20(18)19)24-25-22(26)27-15-7-10-17-8-2-1-3-9-17/h1-6,8-9,11-14H,7,10,15-16,23H2. The quantitative estimate of drug-likeness (QED) is 0.295. The Hall–Kier alpha value is -2.79.